The molecule has 0 aromatic heterocycles. The molecule has 1 N–H and O–H groups in total. The Hall–Kier alpha value is -1.01. The molecule has 0 spiro atoms. The van der Waals surface area contributed by atoms with Crippen LogP contribution in [0.25, 0.3) is 5.76 Å². The number of hydroxylamine groups is 1. The van der Waals surface area contributed by atoms with Gasteiger partial charge in [0.1, 0.15) is 6.04 Å². The number of hydrogen-bond acceptors (Lipinski definition) is 4. The van der Waals surface area contributed by atoms with Gasteiger partial charge in [-0.15, -0.1) is 5.48 Å². The van der Waals surface area contributed by atoms with E-state index in [1.54, 1.807) is 18.2 Å². The maximum absolute atomic E-state index is 10.5. The van der Waals surface area contributed by atoms with E-state index >= 15 is 0 Å². The van der Waals surface area contributed by atoms with Crippen LogP contribution in [-0.2, 0) is 4.84 Å². The van der Waals surface area contributed by atoms with Gasteiger partial charge in [0.25, 0.3) is 5.69 Å². The van der Waals surface area contributed by atoms with Crippen molar-refractivity contribution in [3.8, 4) is 0 Å². The highest BCUT2D eigenvalue weighted by Gasteiger charge is 2.35. The SMILES string of the molecule is O=[N+]([O-])c1ccc(C2=C[C@@H](C(Cl)(Cl)Cl)NO2)cc1. The predicted octanol–water partition coefficient (Wildman–Crippen LogP) is 3.21. The van der Waals surface area contributed by atoms with Crippen molar-refractivity contribution in [1.82, 2.24) is 5.48 Å². The molecule has 1 atom stereocenters. The first-order valence-corrected chi connectivity index (χ1v) is 5.97. The Bertz CT molecular complexity index is 496. The average molecular weight is 310 g/mol. The van der Waals surface area contributed by atoms with Crippen LogP contribution in [0.3, 0.4) is 0 Å². The Morgan fingerprint density at radius 3 is 2.33 bits per heavy atom. The lowest BCUT2D eigenvalue weighted by atomic mass is 10.1. The summed E-state index contributed by atoms with van der Waals surface area (Å²) in [5.74, 6) is 0.459. The van der Waals surface area contributed by atoms with E-state index in [4.69, 9.17) is 39.6 Å². The first-order chi connectivity index (χ1) is 8.38. The van der Waals surface area contributed by atoms with Gasteiger partial charge < -0.3 is 4.84 Å². The van der Waals surface area contributed by atoms with E-state index in [-0.39, 0.29) is 5.69 Å². The van der Waals surface area contributed by atoms with Crippen LogP contribution >= 0.6 is 34.8 Å². The smallest absolute Gasteiger partial charge is 0.269 e. The van der Waals surface area contributed by atoms with Gasteiger partial charge in [-0.3, -0.25) is 10.1 Å². The fourth-order valence-electron chi connectivity index (χ4n) is 1.41. The highest BCUT2D eigenvalue weighted by Crippen LogP contribution is 2.35. The quantitative estimate of drug-likeness (QED) is 0.517. The molecular formula is C10H7Cl3N2O3. The second kappa shape index (κ2) is 4.93. The molecule has 1 aliphatic rings. The van der Waals surface area contributed by atoms with Gasteiger partial charge in [-0.1, -0.05) is 34.8 Å². The number of hydrogen-bond donors (Lipinski definition) is 1. The highest BCUT2D eigenvalue weighted by atomic mass is 35.6. The fraction of sp³-hybridized carbons (Fsp3) is 0.200. The van der Waals surface area contributed by atoms with Crippen molar-refractivity contribution in [2.24, 2.45) is 0 Å². The Balaban J connectivity index is 2.21. The number of halogens is 3. The molecule has 1 aromatic carbocycles. The van der Waals surface area contributed by atoms with E-state index in [9.17, 15) is 10.1 Å². The molecule has 1 aromatic rings. The van der Waals surface area contributed by atoms with Gasteiger partial charge in [-0.25, -0.2) is 0 Å². The predicted molar refractivity (Wildman–Crippen MR) is 69.4 cm³/mol. The third-order valence-corrected chi connectivity index (χ3v) is 3.03. The maximum Gasteiger partial charge on any atom is 0.269 e. The lowest BCUT2D eigenvalue weighted by Gasteiger charge is -2.15. The molecule has 0 aliphatic carbocycles. The van der Waals surface area contributed by atoms with Crippen molar-refractivity contribution in [3.63, 3.8) is 0 Å². The number of rotatable bonds is 2. The fourth-order valence-corrected chi connectivity index (χ4v) is 1.73. The largest absolute Gasteiger partial charge is 0.408 e. The van der Waals surface area contributed by atoms with E-state index in [0.29, 0.717) is 11.3 Å². The average Bonchev–Trinajstić information content (AvgIpc) is 2.78. The molecule has 0 radical (unpaired) electrons. The topological polar surface area (TPSA) is 64.4 Å². The first-order valence-electron chi connectivity index (χ1n) is 4.83. The van der Waals surface area contributed by atoms with E-state index in [1.165, 1.54) is 12.1 Å². The van der Waals surface area contributed by atoms with Gasteiger partial charge >= 0.3 is 0 Å². The minimum Gasteiger partial charge on any atom is -0.408 e. The van der Waals surface area contributed by atoms with E-state index in [2.05, 4.69) is 5.48 Å². The van der Waals surface area contributed by atoms with Crippen molar-refractivity contribution >= 4 is 46.2 Å². The molecule has 5 nitrogen and oxygen atoms in total. The summed E-state index contributed by atoms with van der Waals surface area (Å²) in [5, 5.41) is 10.5. The number of non-ortho nitro benzene ring substituents is 1. The van der Waals surface area contributed by atoms with Gasteiger partial charge in [0.15, 0.2) is 5.76 Å². The molecule has 8 heteroatoms. The molecule has 0 bridgehead atoms. The molecule has 0 unspecified atom stereocenters. The van der Waals surface area contributed by atoms with Gasteiger partial charge in [-0.2, -0.15) is 0 Å². The number of nitro benzene ring substituents is 1. The van der Waals surface area contributed by atoms with Gasteiger partial charge in [0.05, 0.1) is 4.92 Å². The molecular weight excluding hydrogens is 302 g/mol. The van der Waals surface area contributed by atoms with Crippen molar-refractivity contribution in [2.75, 3.05) is 0 Å². The molecule has 96 valence electrons. The molecule has 18 heavy (non-hydrogen) atoms. The lowest BCUT2D eigenvalue weighted by molar-refractivity contribution is -0.384. The standard InChI is InChI=1S/C10H7Cl3N2O3/c11-10(12,13)9-5-8(18-14-9)6-1-3-7(4-2-6)15(16)17/h1-5,9,14H/t9-/m0/s1. The zero-order valence-corrected chi connectivity index (χ0v) is 11.0. The Labute approximate surface area is 117 Å². The van der Waals surface area contributed by atoms with E-state index in [0.717, 1.165) is 0 Å². The summed E-state index contributed by atoms with van der Waals surface area (Å²) in [6.45, 7) is 0. The molecule has 0 amide bonds. The maximum atomic E-state index is 10.5. The number of nitrogens with zero attached hydrogens (tertiary/aromatic N) is 1. The van der Waals surface area contributed by atoms with Gasteiger partial charge in [0.2, 0.25) is 3.79 Å². The second-order valence-electron chi connectivity index (χ2n) is 3.57. The van der Waals surface area contributed by atoms with Crippen molar-refractivity contribution < 1.29 is 9.76 Å². The van der Waals surface area contributed by atoms with Crippen LogP contribution in [0.2, 0.25) is 0 Å². The zero-order chi connectivity index (χ0) is 13.3. The lowest BCUT2D eigenvalue weighted by Crippen LogP contribution is -2.33. The molecule has 1 aliphatic heterocycles. The number of nitrogens with one attached hydrogen (secondary N) is 1. The number of alkyl halides is 3. The van der Waals surface area contributed by atoms with Crippen molar-refractivity contribution in [2.45, 2.75) is 9.83 Å². The van der Waals surface area contributed by atoms with Gasteiger partial charge in [0, 0.05) is 17.7 Å². The molecule has 0 saturated heterocycles. The monoisotopic (exact) mass is 308 g/mol. The van der Waals surface area contributed by atoms with Crippen LogP contribution in [0.5, 0.6) is 0 Å². The van der Waals surface area contributed by atoms with Crippen LogP contribution in [-0.4, -0.2) is 14.8 Å². The van der Waals surface area contributed by atoms with Gasteiger partial charge in [-0.05, 0) is 18.2 Å². The zero-order valence-electron chi connectivity index (χ0n) is 8.77. The second-order valence-corrected chi connectivity index (χ2v) is 5.94. The third-order valence-electron chi connectivity index (χ3n) is 2.33. The molecule has 1 heterocycles. The van der Waals surface area contributed by atoms with Crippen LogP contribution in [0.4, 0.5) is 5.69 Å². The molecule has 2 rings (SSSR count). The summed E-state index contributed by atoms with van der Waals surface area (Å²) in [7, 11) is 0. The van der Waals surface area contributed by atoms with Crippen LogP contribution < -0.4 is 5.48 Å². The Morgan fingerprint density at radius 1 is 1.28 bits per heavy atom. The summed E-state index contributed by atoms with van der Waals surface area (Å²) >= 11 is 17.1. The van der Waals surface area contributed by atoms with Crippen molar-refractivity contribution in [1.29, 1.82) is 0 Å². The number of nitro groups is 1. The highest BCUT2D eigenvalue weighted by molar-refractivity contribution is 6.68. The Morgan fingerprint density at radius 2 is 1.89 bits per heavy atom. The minimum absolute atomic E-state index is 0.00299. The van der Waals surface area contributed by atoms with Crippen LogP contribution in [0.1, 0.15) is 5.56 Å². The van der Waals surface area contributed by atoms with E-state index in [1.807, 2.05) is 0 Å². The molecule has 0 saturated carbocycles. The minimum atomic E-state index is -1.53. The summed E-state index contributed by atoms with van der Waals surface area (Å²) in [4.78, 5) is 15.2. The normalized spacial score (nSPS) is 19.3. The Kier molecular flexibility index (Phi) is 3.68. The van der Waals surface area contributed by atoms with E-state index < -0.39 is 14.8 Å². The summed E-state index contributed by atoms with van der Waals surface area (Å²) in [5.41, 5.74) is 3.22. The van der Waals surface area contributed by atoms with Crippen LogP contribution in [0, 0.1) is 10.1 Å². The summed E-state index contributed by atoms with van der Waals surface area (Å²) < 4.78 is -1.53. The third kappa shape index (κ3) is 2.87. The first kappa shape index (κ1) is 13.4. The molecule has 0 fully saturated rings. The summed E-state index contributed by atoms with van der Waals surface area (Å²) in [6, 6.07) is 5.30. The van der Waals surface area contributed by atoms with Crippen molar-refractivity contribution in [3.05, 3.63) is 46.0 Å². The van der Waals surface area contributed by atoms with Crippen LogP contribution in [0.15, 0.2) is 30.3 Å². The summed E-state index contributed by atoms with van der Waals surface area (Å²) in [6.07, 6.45) is 1.61. The number of benzene rings is 1.